The zero-order valence-corrected chi connectivity index (χ0v) is 22.1. The van der Waals surface area contributed by atoms with Crippen LogP contribution in [0.3, 0.4) is 0 Å². The lowest BCUT2D eigenvalue weighted by atomic mass is 9.71. The van der Waals surface area contributed by atoms with Crippen molar-refractivity contribution < 1.29 is 0 Å². The maximum absolute atomic E-state index is 4.35. The largest absolute Gasteiger partial charge is 0.310 e. The van der Waals surface area contributed by atoms with Crippen molar-refractivity contribution in [3.63, 3.8) is 0 Å². The number of nitrogens with one attached hydrogen (secondary N) is 1. The molecular formula is C35H45N. The predicted molar refractivity (Wildman–Crippen MR) is 153 cm³/mol. The Morgan fingerprint density at radius 1 is 0.611 bits per heavy atom. The van der Waals surface area contributed by atoms with Gasteiger partial charge in [-0.05, 0) is 92.2 Å². The first-order chi connectivity index (χ1) is 17.8. The Hall–Kier alpha value is -2.38. The van der Waals surface area contributed by atoms with Crippen LogP contribution < -0.4 is 5.32 Å². The van der Waals surface area contributed by atoms with Gasteiger partial charge < -0.3 is 5.32 Å². The second-order valence-electron chi connectivity index (χ2n) is 11.6. The van der Waals surface area contributed by atoms with E-state index >= 15 is 0 Å². The van der Waals surface area contributed by atoms with Crippen LogP contribution in [0, 0.1) is 5.41 Å². The topological polar surface area (TPSA) is 12.0 Å². The molecule has 190 valence electrons. The van der Waals surface area contributed by atoms with Crippen LogP contribution >= 0.6 is 0 Å². The van der Waals surface area contributed by atoms with Crippen molar-refractivity contribution in [3.05, 3.63) is 108 Å². The smallest absolute Gasteiger partial charge is 0.0195 e. The zero-order chi connectivity index (χ0) is 24.5. The van der Waals surface area contributed by atoms with Gasteiger partial charge >= 0.3 is 0 Å². The Labute approximate surface area is 219 Å². The summed E-state index contributed by atoms with van der Waals surface area (Å²) in [4.78, 5) is 0. The number of hydrogen-bond acceptors (Lipinski definition) is 1. The van der Waals surface area contributed by atoms with Crippen molar-refractivity contribution in [1.29, 1.82) is 0 Å². The Kier molecular flexibility index (Phi) is 8.94. The molecule has 3 aromatic rings. The van der Waals surface area contributed by atoms with Gasteiger partial charge in [0.25, 0.3) is 0 Å². The SMILES string of the molecule is c1ccc(CCCC2(CCCc3ccccc3)CC[C@@H](c3ccccc3)[C@@H]2NC2CCCCC2)cc1. The summed E-state index contributed by atoms with van der Waals surface area (Å²) in [6.07, 6.45) is 17.3. The molecule has 2 aliphatic carbocycles. The van der Waals surface area contributed by atoms with Gasteiger partial charge in [-0.1, -0.05) is 110 Å². The molecule has 2 atom stereocenters. The molecule has 2 saturated carbocycles. The minimum absolute atomic E-state index is 0.390. The summed E-state index contributed by atoms with van der Waals surface area (Å²) in [5, 5.41) is 4.35. The summed E-state index contributed by atoms with van der Waals surface area (Å²) < 4.78 is 0. The molecule has 0 aliphatic heterocycles. The molecule has 5 rings (SSSR count). The highest BCUT2D eigenvalue weighted by Crippen LogP contribution is 2.53. The van der Waals surface area contributed by atoms with E-state index in [1.54, 1.807) is 5.56 Å². The molecule has 36 heavy (non-hydrogen) atoms. The summed E-state index contributed by atoms with van der Waals surface area (Å²) in [7, 11) is 0. The molecule has 0 radical (unpaired) electrons. The van der Waals surface area contributed by atoms with Crippen molar-refractivity contribution >= 4 is 0 Å². The van der Waals surface area contributed by atoms with Crippen molar-refractivity contribution in [2.75, 3.05) is 0 Å². The van der Waals surface area contributed by atoms with Crippen LogP contribution in [0.2, 0.25) is 0 Å². The molecule has 0 aromatic heterocycles. The maximum Gasteiger partial charge on any atom is 0.0195 e. The lowest BCUT2D eigenvalue weighted by Crippen LogP contribution is -2.49. The highest BCUT2D eigenvalue weighted by atomic mass is 15.0. The van der Waals surface area contributed by atoms with Gasteiger partial charge in [0, 0.05) is 12.1 Å². The monoisotopic (exact) mass is 479 g/mol. The first kappa shape index (κ1) is 25.3. The summed E-state index contributed by atoms with van der Waals surface area (Å²) in [6.45, 7) is 0. The minimum Gasteiger partial charge on any atom is -0.310 e. The van der Waals surface area contributed by atoms with Crippen LogP contribution in [0.5, 0.6) is 0 Å². The van der Waals surface area contributed by atoms with Gasteiger partial charge in [0.2, 0.25) is 0 Å². The third kappa shape index (κ3) is 6.48. The van der Waals surface area contributed by atoms with E-state index in [1.165, 1.54) is 94.6 Å². The Balaban J connectivity index is 1.37. The molecule has 0 heterocycles. The lowest BCUT2D eigenvalue weighted by molar-refractivity contribution is 0.152. The normalized spacial score (nSPS) is 22.0. The third-order valence-corrected chi connectivity index (χ3v) is 9.23. The van der Waals surface area contributed by atoms with Crippen LogP contribution in [0.15, 0.2) is 91.0 Å². The Morgan fingerprint density at radius 2 is 1.14 bits per heavy atom. The molecule has 0 saturated heterocycles. The summed E-state index contributed by atoms with van der Waals surface area (Å²) in [6, 6.07) is 35.0. The third-order valence-electron chi connectivity index (χ3n) is 9.23. The fourth-order valence-electron chi connectivity index (χ4n) is 7.33. The van der Waals surface area contributed by atoms with Gasteiger partial charge in [0.15, 0.2) is 0 Å². The molecule has 2 aliphatic rings. The quantitative estimate of drug-likeness (QED) is 0.289. The average Bonchev–Trinajstić information content (AvgIpc) is 3.28. The highest BCUT2D eigenvalue weighted by Gasteiger charge is 2.48. The first-order valence-corrected chi connectivity index (χ1v) is 14.7. The van der Waals surface area contributed by atoms with Crippen molar-refractivity contribution in [1.82, 2.24) is 5.32 Å². The summed E-state index contributed by atoms with van der Waals surface area (Å²) in [5.41, 5.74) is 4.93. The van der Waals surface area contributed by atoms with Gasteiger partial charge in [0.1, 0.15) is 0 Å². The van der Waals surface area contributed by atoms with Crippen molar-refractivity contribution in [2.45, 2.75) is 101 Å². The number of hydrogen-bond donors (Lipinski definition) is 1. The van der Waals surface area contributed by atoms with E-state index in [0.717, 1.165) is 0 Å². The Bertz CT molecular complexity index is 961. The van der Waals surface area contributed by atoms with Crippen molar-refractivity contribution in [2.24, 2.45) is 5.41 Å². The van der Waals surface area contributed by atoms with E-state index in [0.29, 0.717) is 23.4 Å². The van der Waals surface area contributed by atoms with Crippen molar-refractivity contribution in [3.8, 4) is 0 Å². The molecule has 0 spiro atoms. The lowest BCUT2D eigenvalue weighted by Gasteiger charge is -2.42. The highest BCUT2D eigenvalue weighted by molar-refractivity contribution is 5.26. The van der Waals surface area contributed by atoms with E-state index in [9.17, 15) is 0 Å². The van der Waals surface area contributed by atoms with Crippen LogP contribution in [-0.4, -0.2) is 12.1 Å². The molecular weight excluding hydrogens is 434 g/mol. The standard InChI is InChI=1S/C35H45N/c1-5-15-29(16-6-1)19-13-26-35(27-14-20-30-17-7-2-8-18-30)28-25-33(31-21-9-3-10-22-31)34(35)36-32-23-11-4-12-24-32/h1-3,5-10,15-18,21-22,32-34,36H,4,11-14,19-20,23-28H2/t33-,34-/m0/s1. The van der Waals surface area contributed by atoms with Crippen LogP contribution in [-0.2, 0) is 12.8 Å². The Morgan fingerprint density at radius 3 is 1.69 bits per heavy atom. The molecule has 0 bridgehead atoms. The molecule has 0 unspecified atom stereocenters. The van der Waals surface area contributed by atoms with E-state index in [2.05, 4.69) is 96.3 Å². The maximum atomic E-state index is 4.35. The molecule has 1 heteroatoms. The second kappa shape index (κ2) is 12.7. The van der Waals surface area contributed by atoms with Crippen LogP contribution in [0.1, 0.15) is 93.2 Å². The van der Waals surface area contributed by atoms with Gasteiger partial charge in [-0.25, -0.2) is 0 Å². The second-order valence-corrected chi connectivity index (χ2v) is 11.6. The van der Waals surface area contributed by atoms with Gasteiger partial charge in [-0.3, -0.25) is 0 Å². The number of benzene rings is 3. The number of rotatable bonds is 11. The zero-order valence-electron chi connectivity index (χ0n) is 22.1. The molecule has 0 amide bonds. The van der Waals surface area contributed by atoms with E-state index in [1.807, 2.05) is 0 Å². The predicted octanol–water partition coefficient (Wildman–Crippen LogP) is 8.89. The molecule has 3 aromatic carbocycles. The van der Waals surface area contributed by atoms with Crippen LogP contribution in [0.25, 0.3) is 0 Å². The fourth-order valence-corrected chi connectivity index (χ4v) is 7.33. The minimum atomic E-state index is 0.390. The average molecular weight is 480 g/mol. The van der Waals surface area contributed by atoms with E-state index in [-0.39, 0.29) is 0 Å². The van der Waals surface area contributed by atoms with Crippen LogP contribution in [0.4, 0.5) is 0 Å². The summed E-state index contributed by atoms with van der Waals surface area (Å²) >= 11 is 0. The van der Waals surface area contributed by atoms with E-state index in [4.69, 9.17) is 0 Å². The van der Waals surface area contributed by atoms with E-state index < -0.39 is 0 Å². The number of aryl methyl sites for hydroxylation is 2. The van der Waals surface area contributed by atoms with Gasteiger partial charge in [0.05, 0.1) is 0 Å². The first-order valence-electron chi connectivity index (χ1n) is 14.7. The summed E-state index contributed by atoms with van der Waals surface area (Å²) in [5.74, 6) is 0.640. The molecule has 1 N–H and O–H groups in total. The van der Waals surface area contributed by atoms with Gasteiger partial charge in [-0.2, -0.15) is 0 Å². The molecule has 2 fully saturated rings. The van der Waals surface area contributed by atoms with Gasteiger partial charge in [-0.15, -0.1) is 0 Å². The fraction of sp³-hybridized carbons (Fsp3) is 0.486. The molecule has 1 nitrogen and oxygen atoms in total.